The summed E-state index contributed by atoms with van der Waals surface area (Å²) in [5, 5.41) is 10.2. The summed E-state index contributed by atoms with van der Waals surface area (Å²) in [6, 6.07) is 8.11. The highest BCUT2D eigenvalue weighted by Gasteiger charge is 2.38. The van der Waals surface area contributed by atoms with Gasteiger partial charge in [-0.25, -0.2) is 0 Å². The lowest BCUT2D eigenvalue weighted by Crippen LogP contribution is -2.46. The molecular weight excluding hydrogens is 218 g/mol. The van der Waals surface area contributed by atoms with E-state index >= 15 is 0 Å². The third-order valence-electron chi connectivity index (χ3n) is 3.44. The number of benzene rings is 1. The molecule has 3 rings (SSSR count). The molecule has 0 atom stereocenters. The van der Waals surface area contributed by atoms with Crippen LogP contribution in [0.1, 0.15) is 5.56 Å². The Labute approximate surface area is 101 Å². The van der Waals surface area contributed by atoms with E-state index in [9.17, 15) is 5.11 Å². The Balaban J connectivity index is 1.83. The first kappa shape index (κ1) is 11.0. The molecule has 2 fully saturated rings. The molecule has 4 nitrogen and oxygen atoms in total. The number of aliphatic hydroxyl groups is 1. The summed E-state index contributed by atoms with van der Waals surface area (Å²) in [7, 11) is 0. The summed E-state index contributed by atoms with van der Waals surface area (Å²) in [6.45, 7) is 4.19. The molecule has 0 bridgehead atoms. The van der Waals surface area contributed by atoms with Crippen LogP contribution in [0, 0.1) is 0 Å². The second-order valence-corrected chi connectivity index (χ2v) is 4.67. The fourth-order valence-corrected chi connectivity index (χ4v) is 2.28. The summed E-state index contributed by atoms with van der Waals surface area (Å²) in [5.41, 5.74) is 1.33. The lowest BCUT2D eigenvalue weighted by molar-refractivity contribution is -0.184. The Kier molecular flexibility index (Phi) is 2.78. The molecule has 17 heavy (non-hydrogen) atoms. The number of ether oxygens (including phenoxy) is 2. The monoisotopic (exact) mass is 235 g/mol. The minimum atomic E-state index is -0.775. The maximum atomic E-state index is 10.2. The highest BCUT2D eigenvalue weighted by atomic mass is 16.5. The van der Waals surface area contributed by atoms with Crippen molar-refractivity contribution in [3.8, 4) is 0 Å². The molecule has 1 aromatic carbocycles. The van der Waals surface area contributed by atoms with E-state index in [1.54, 1.807) is 0 Å². The van der Waals surface area contributed by atoms with Crippen molar-refractivity contribution in [2.24, 2.45) is 0 Å². The van der Waals surface area contributed by atoms with Crippen molar-refractivity contribution < 1.29 is 14.6 Å². The van der Waals surface area contributed by atoms with E-state index < -0.39 is 5.60 Å². The maximum absolute atomic E-state index is 10.2. The fourth-order valence-electron chi connectivity index (χ4n) is 2.28. The van der Waals surface area contributed by atoms with Crippen LogP contribution in [-0.4, -0.2) is 44.6 Å². The van der Waals surface area contributed by atoms with E-state index in [1.165, 1.54) is 0 Å². The number of rotatable bonds is 2. The molecule has 0 aromatic heterocycles. The quantitative estimate of drug-likeness (QED) is 0.821. The zero-order valence-electron chi connectivity index (χ0n) is 9.76. The Morgan fingerprint density at radius 3 is 2.53 bits per heavy atom. The van der Waals surface area contributed by atoms with Crippen molar-refractivity contribution in [3.05, 3.63) is 29.8 Å². The number of nitrogens with zero attached hydrogens (tertiary/aromatic N) is 1. The Morgan fingerprint density at radius 2 is 1.88 bits per heavy atom. The van der Waals surface area contributed by atoms with Gasteiger partial charge < -0.3 is 19.5 Å². The molecule has 0 spiro atoms. The van der Waals surface area contributed by atoms with Crippen LogP contribution in [0.2, 0.25) is 0 Å². The highest BCUT2D eigenvalue weighted by Crippen LogP contribution is 2.31. The first-order valence-corrected chi connectivity index (χ1v) is 6.01. The molecule has 0 unspecified atom stereocenters. The molecule has 2 heterocycles. The average Bonchev–Trinajstić information content (AvgIpc) is 2.37. The molecule has 92 valence electrons. The van der Waals surface area contributed by atoms with Gasteiger partial charge in [0.1, 0.15) is 5.60 Å². The zero-order valence-corrected chi connectivity index (χ0v) is 9.76. The van der Waals surface area contributed by atoms with Crippen molar-refractivity contribution in [1.29, 1.82) is 0 Å². The predicted molar refractivity (Wildman–Crippen MR) is 64.2 cm³/mol. The molecule has 2 saturated heterocycles. The summed E-state index contributed by atoms with van der Waals surface area (Å²) in [5.74, 6) is 0. The van der Waals surface area contributed by atoms with Crippen molar-refractivity contribution in [2.75, 3.05) is 44.4 Å². The second kappa shape index (κ2) is 4.29. The van der Waals surface area contributed by atoms with E-state index in [2.05, 4.69) is 17.0 Å². The van der Waals surface area contributed by atoms with Crippen molar-refractivity contribution >= 4 is 5.69 Å². The molecule has 0 radical (unpaired) electrons. The van der Waals surface area contributed by atoms with Crippen LogP contribution in [0.4, 0.5) is 5.69 Å². The topological polar surface area (TPSA) is 41.9 Å². The van der Waals surface area contributed by atoms with Gasteiger partial charge in [0.15, 0.2) is 0 Å². The normalized spacial score (nSPS) is 23.2. The third-order valence-corrected chi connectivity index (χ3v) is 3.44. The molecule has 2 aliphatic rings. The van der Waals surface area contributed by atoms with Gasteiger partial charge >= 0.3 is 0 Å². The standard InChI is InChI=1S/C13H17NO3/c15-13(9-17-10-13)11-2-1-3-12(8-11)14-4-6-16-7-5-14/h1-3,8,15H,4-7,9-10H2. The first-order chi connectivity index (χ1) is 8.28. The van der Waals surface area contributed by atoms with E-state index in [1.807, 2.05) is 12.1 Å². The molecule has 0 amide bonds. The van der Waals surface area contributed by atoms with Crippen LogP contribution in [0.5, 0.6) is 0 Å². The van der Waals surface area contributed by atoms with Gasteiger partial charge in [-0.15, -0.1) is 0 Å². The van der Waals surface area contributed by atoms with Gasteiger partial charge in [0.2, 0.25) is 0 Å². The van der Waals surface area contributed by atoms with Gasteiger partial charge in [0.05, 0.1) is 26.4 Å². The Hall–Kier alpha value is -1.10. The van der Waals surface area contributed by atoms with Gasteiger partial charge in [-0.05, 0) is 17.7 Å². The molecular formula is C13H17NO3. The first-order valence-electron chi connectivity index (χ1n) is 6.01. The van der Waals surface area contributed by atoms with E-state index in [0.717, 1.165) is 37.6 Å². The van der Waals surface area contributed by atoms with Crippen LogP contribution in [0.3, 0.4) is 0 Å². The number of hydrogen-bond acceptors (Lipinski definition) is 4. The minimum absolute atomic E-state index is 0.402. The number of anilines is 1. The largest absolute Gasteiger partial charge is 0.380 e. The van der Waals surface area contributed by atoms with Crippen LogP contribution in [0.25, 0.3) is 0 Å². The lowest BCUT2D eigenvalue weighted by atomic mass is 9.92. The zero-order chi connectivity index (χ0) is 11.7. The highest BCUT2D eigenvalue weighted by molar-refractivity contribution is 5.50. The van der Waals surface area contributed by atoms with Gasteiger partial charge in [0, 0.05) is 18.8 Å². The average molecular weight is 235 g/mol. The van der Waals surface area contributed by atoms with E-state index in [0.29, 0.717) is 13.2 Å². The van der Waals surface area contributed by atoms with Crippen molar-refractivity contribution in [1.82, 2.24) is 0 Å². The van der Waals surface area contributed by atoms with Crippen molar-refractivity contribution in [3.63, 3.8) is 0 Å². The molecule has 0 aliphatic carbocycles. The summed E-state index contributed by atoms with van der Waals surface area (Å²) < 4.78 is 10.4. The summed E-state index contributed by atoms with van der Waals surface area (Å²) in [4.78, 5) is 2.29. The van der Waals surface area contributed by atoms with E-state index in [-0.39, 0.29) is 0 Å². The number of hydrogen-bond donors (Lipinski definition) is 1. The van der Waals surface area contributed by atoms with Gasteiger partial charge in [-0.3, -0.25) is 0 Å². The molecule has 1 N–H and O–H groups in total. The Morgan fingerprint density at radius 1 is 1.12 bits per heavy atom. The fraction of sp³-hybridized carbons (Fsp3) is 0.538. The predicted octanol–water partition coefficient (Wildman–Crippen LogP) is 0.741. The minimum Gasteiger partial charge on any atom is -0.380 e. The van der Waals surface area contributed by atoms with Gasteiger partial charge in [-0.1, -0.05) is 12.1 Å². The van der Waals surface area contributed by atoms with Gasteiger partial charge in [0.25, 0.3) is 0 Å². The summed E-state index contributed by atoms with van der Waals surface area (Å²) >= 11 is 0. The molecule has 2 aliphatic heterocycles. The van der Waals surface area contributed by atoms with E-state index in [4.69, 9.17) is 9.47 Å². The van der Waals surface area contributed by atoms with Crippen molar-refractivity contribution in [2.45, 2.75) is 5.60 Å². The molecule has 1 aromatic rings. The lowest BCUT2D eigenvalue weighted by Gasteiger charge is -2.37. The van der Waals surface area contributed by atoms with Gasteiger partial charge in [-0.2, -0.15) is 0 Å². The van der Waals surface area contributed by atoms with Crippen LogP contribution in [-0.2, 0) is 15.1 Å². The maximum Gasteiger partial charge on any atom is 0.136 e. The van der Waals surface area contributed by atoms with Crippen LogP contribution < -0.4 is 4.90 Å². The summed E-state index contributed by atoms with van der Waals surface area (Å²) in [6.07, 6.45) is 0. The smallest absolute Gasteiger partial charge is 0.136 e. The molecule has 4 heteroatoms. The van der Waals surface area contributed by atoms with Crippen LogP contribution in [0.15, 0.2) is 24.3 Å². The third kappa shape index (κ3) is 2.04. The Bertz CT molecular complexity index is 397. The van der Waals surface area contributed by atoms with Crippen LogP contribution >= 0.6 is 0 Å². The number of morpholine rings is 1. The molecule has 0 saturated carbocycles. The second-order valence-electron chi connectivity index (χ2n) is 4.67. The SMILES string of the molecule is OC1(c2cccc(N3CCOCC3)c2)COC1.